The number of nitrogens with one attached hydrogen (secondary N) is 1. The van der Waals surface area contributed by atoms with E-state index in [1.807, 2.05) is 31.2 Å². The second-order valence-corrected chi connectivity index (χ2v) is 8.98. The van der Waals surface area contributed by atoms with E-state index in [9.17, 15) is 13.2 Å². The summed E-state index contributed by atoms with van der Waals surface area (Å²) in [6.07, 6.45) is 0.422. The third kappa shape index (κ3) is 5.68. The normalized spacial score (nSPS) is 11.5. The number of ether oxygens (including phenoxy) is 1. The molecule has 1 heterocycles. The van der Waals surface area contributed by atoms with E-state index >= 15 is 0 Å². The van der Waals surface area contributed by atoms with Gasteiger partial charge >= 0.3 is 0 Å². The Morgan fingerprint density at radius 1 is 1.10 bits per heavy atom. The molecule has 0 bridgehead atoms. The number of aryl methyl sites for hydroxylation is 1. The molecule has 164 valence electrons. The minimum atomic E-state index is -3.51. The van der Waals surface area contributed by atoms with Crippen LogP contribution in [0.4, 0.5) is 5.69 Å². The van der Waals surface area contributed by atoms with E-state index in [-0.39, 0.29) is 23.6 Å². The van der Waals surface area contributed by atoms with Gasteiger partial charge in [0.15, 0.2) is 0 Å². The Kier molecular flexibility index (Phi) is 7.03. The quantitative estimate of drug-likeness (QED) is 0.539. The van der Waals surface area contributed by atoms with E-state index in [4.69, 9.17) is 9.26 Å². The second-order valence-electron chi connectivity index (χ2n) is 6.83. The Morgan fingerprint density at radius 3 is 2.39 bits per heavy atom. The number of benzene rings is 2. The highest BCUT2D eigenvalue weighted by Crippen LogP contribution is 2.21. The molecule has 1 aromatic heterocycles. The number of amides is 1. The van der Waals surface area contributed by atoms with Crippen LogP contribution in [0.1, 0.15) is 19.2 Å². The van der Waals surface area contributed by atoms with Crippen LogP contribution in [0.5, 0.6) is 5.75 Å². The fraction of sp³-hybridized carbons (Fsp3) is 0.286. The number of aromatic nitrogens is 2. The Labute approximate surface area is 181 Å². The van der Waals surface area contributed by atoms with Crippen LogP contribution in [0.3, 0.4) is 0 Å². The maximum absolute atomic E-state index is 12.2. The molecule has 0 atom stereocenters. The topological polar surface area (TPSA) is 115 Å². The average Bonchev–Trinajstić information content (AvgIpc) is 3.22. The second kappa shape index (κ2) is 9.71. The lowest BCUT2D eigenvalue weighted by atomic mass is 10.2. The van der Waals surface area contributed by atoms with Gasteiger partial charge in [0.2, 0.25) is 27.6 Å². The van der Waals surface area contributed by atoms with Gasteiger partial charge in [0.1, 0.15) is 5.75 Å². The maximum atomic E-state index is 12.2. The monoisotopic (exact) mass is 444 g/mol. The molecule has 0 saturated carbocycles. The van der Waals surface area contributed by atoms with Gasteiger partial charge in [0.25, 0.3) is 0 Å². The fourth-order valence-electron chi connectivity index (χ4n) is 2.71. The molecule has 1 amide bonds. The zero-order chi connectivity index (χ0) is 22.4. The lowest BCUT2D eigenvalue weighted by Crippen LogP contribution is -2.22. The summed E-state index contributed by atoms with van der Waals surface area (Å²) in [7, 11) is -0.584. The molecule has 0 aliphatic carbocycles. The Hall–Kier alpha value is -3.24. The van der Waals surface area contributed by atoms with Crippen molar-refractivity contribution >= 4 is 21.6 Å². The number of carbonyl (C=O) groups is 1. The molecule has 0 radical (unpaired) electrons. The van der Waals surface area contributed by atoms with Crippen molar-refractivity contribution in [1.29, 1.82) is 0 Å². The largest absolute Gasteiger partial charge is 0.494 e. The summed E-state index contributed by atoms with van der Waals surface area (Å²) >= 11 is 0. The summed E-state index contributed by atoms with van der Waals surface area (Å²) in [4.78, 5) is 16.7. The van der Waals surface area contributed by atoms with Gasteiger partial charge in [-0.1, -0.05) is 5.16 Å². The Bertz CT molecular complexity index is 1120. The van der Waals surface area contributed by atoms with Crippen molar-refractivity contribution in [1.82, 2.24) is 14.4 Å². The molecule has 10 heteroatoms. The van der Waals surface area contributed by atoms with Crippen molar-refractivity contribution < 1.29 is 22.5 Å². The van der Waals surface area contributed by atoms with Crippen molar-refractivity contribution in [2.75, 3.05) is 26.0 Å². The molecule has 3 rings (SSSR count). The van der Waals surface area contributed by atoms with E-state index in [2.05, 4.69) is 15.5 Å². The summed E-state index contributed by atoms with van der Waals surface area (Å²) in [5.41, 5.74) is 1.29. The average molecular weight is 445 g/mol. The number of rotatable bonds is 9. The van der Waals surface area contributed by atoms with Gasteiger partial charge < -0.3 is 14.6 Å². The highest BCUT2D eigenvalue weighted by atomic mass is 32.2. The van der Waals surface area contributed by atoms with Crippen molar-refractivity contribution in [3.05, 3.63) is 54.4 Å². The third-order valence-corrected chi connectivity index (χ3v) is 6.20. The molecule has 31 heavy (non-hydrogen) atoms. The lowest BCUT2D eigenvalue weighted by molar-refractivity contribution is -0.116. The Balaban J connectivity index is 1.54. The third-order valence-electron chi connectivity index (χ3n) is 4.37. The minimum Gasteiger partial charge on any atom is -0.494 e. The lowest BCUT2D eigenvalue weighted by Gasteiger charge is -2.11. The number of hydrogen-bond acceptors (Lipinski definition) is 7. The zero-order valence-corrected chi connectivity index (χ0v) is 18.3. The molecule has 3 aromatic rings. The van der Waals surface area contributed by atoms with Crippen LogP contribution in [-0.2, 0) is 21.2 Å². The molecular weight excluding hydrogens is 420 g/mol. The van der Waals surface area contributed by atoms with Crippen molar-refractivity contribution in [3.63, 3.8) is 0 Å². The number of sulfonamides is 1. The predicted molar refractivity (Wildman–Crippen MR) is 115 cm³/mol. The van der Waals surface area contributed by atoms with Crippen LogP contribution in [0.2, 0.25) is 0 Å². The van der Waals surface area contributed by atoms with Crippen LogP contribution in [0, 0.1) is 0 Å². The number of carbonyl (C=O) groups excluding carboxylic acids is 1. The number of hydrogen-bond donors (Lipinski definition) is 1. The summed E-state index contributed by atoms with van der Waals surface area (Å²) < 4.78 is 35.9. The summed E-state index contributed by atoms with van der Waals surface area (Å²) in [6.45, 7) is 2.51. The molecule has 2 aromatic carbocycles. The van der Waals surface area contributed by atoms with Gasteiger partial charge in [-0.15, -0.1) is 0 Å². The van der Waals surface area contributed by atoms with Crippen LogP contribution in [0.15, 0.2) is 57.9 Å². The maximum Gasteiger partial charge on any atom is 0.242 e. The van der Waals surface area contributed by atoms with Gasteiger partial charge in [0, 0.05) is 38.2 Å². The predicted octanol–water partition coefficient (Wildman–Crippen LogP) is 2.96. The molecule has 0 unspecified atom stereocenters. The Morgan fingerprint density at radius 2 is 1.77 bits per heavy atom. The van der Waals surface area contributed by atoms with Gasteiger partial charge in [-0.05, 0) is 55.5 Å². The van der Waals surface area contributed by atoms with Crippen LogP contribution in [-0.4, -0.2) is 49.5 Å². The van der Waals surface area contributed by atoms with Crippen molar-refractivity contribution in [2.45, 2.75) is 24.7 Å². The zero-order valence-electron chi connectivity index (χ0n) is 17.5. The molecule has 0 fully saturated rings. The molecular formula is C21H24N4O5S. The standard InChI is InChI=1S/C21H24N4O5S/c1-4-29-17-9-5-15(6-10-17)21-23-20(30-24-21)14-13-19(26)22-16-7-11-18(12-8-16)31(27,28)25(2)3/h5-12H,4,13-14H2,1-3H3,(H,22,26). The van der Waals surface area contributed by atoms with Crippen LogP contribution in [0.25, 0.3) is 11.4 Å². The van der Waals surface area contributed by atoms with Crippen LogP contribution < -0.4 is 10.1 Å². The van der Waals surface area contributed by atoms with Gasteiger partial charge in [-0.3, -0.25) is 4.79 Å². The van der Waals surface area contributed by atoms with E-state index < -0.39 is 10.0 Å². The summed E-state index contributed by atoms with van der Waals surface area (Å²) in [6, 6.07) is 13.3. The molecule has 9 nitrogen and oxygen atoms in total. The van der Waals surface area contributed by atoms with E-state index in [1.54, 1.807) is 12.1 Å². The molecule has 0 aliphatic rings. The molecule has 0 spiro atoms. The van der Waals surface area contributed by atoms with E-state index in [0.717, 1.165) is 15.6 Å². The van der Waals surface area contributed by atoms with Crippen molar-refractivity contribution in [2.24, 2.45) is 0 Å². The highest BCUT2D eigenvalue weighted by Gasteiger charge is 2.17. The first kappa shape index (κ1) is 22.4. The molecule has 0 saturated heterocycles. The summed E-state index contributed by atoms with van der Waals surface area (Å²) in [5.74, 6) is 1.31. The summed E-state index contributed by atoms with van der Waals surface area (Å²) in [5, 5.41) is 6.68. The molecule has 0 aliphatic heterocycles. The number of nitrogens with zero attached hydrogens (tertiary/aromatic N) is 3. The first-order valence-corrected chi connectivity index (χ1v) is 11.1. The van der Waals surface area contributed by atoms with Gasteiger partial charge in [-0.2, -0.15) is 4.98 Å². The minimum absolute atomic E-state index is 0.142. The first-order valence-electron chi connectivity index (χ1n) is 9.68. The smallest absolute Gasteiger partial charge is 0.242 e. The van der Waals surface area contributed by atoms with Crippen LogP contribution >= 0.6 is 0 Å². The first-order chi connectivity index (χ1) is 14.8. The van der Waals surface area contributed by atoms with Gasteiger partial charge in [0.05, 0.1) is 11.5 Å². The van der Waals surface area contributed by atoms with Gasteiger partial charge in [-0.25, -0.2) is 12.7 Å². The number of anilines is 1. The SMILES string of the molecule is CCOc1ccc(-c2noc(CCC(=O)Nc3ccc(S(=O)(=O)N(C)C)cc3)n2)cc1. The fourth-order valence-corrected chi connectivity index (χ4v) is 3.61. The molecule has 1 N–H and O–H groups in total. The van der Waals surface area contributed by atoms with Crippen molar-refractivity contribution in [3.8, 4) is 17.1 Å². The highest BCUT2D eigenvalue weighted by molar-refractivity contribution is 7.89. The van der Waals surface area contributed by atoms with E-state index in [1.165, 1.54) is 26.2 Å². The van der Waals surface area contributed by atoms with E-state index in [0.29, 0.717) is 24.0 Å².